The fraction of sp³-hybridized carbons (Fsp3) is 1.00. The predicted molar refractivity (Wildman–Crippen MR) is 48.4 cm³/mol. The van der Waals surface area contributed by atoms with E-state index in [0.717, 1.165) is 0 Å². The maximum atomic E-state index is 12.4. The fourth-order valence-corrected chi connectivity index (χ4v) is 0.736. The smallest absolute Gasteiger partial charge is 0.293 e. The summed E-state index contributed by atoms with van der Waals surface area (Å²) in [5.74, 6) is -3.18. The van der Waals surface area contributed by atoms with E-state index >= 15 is 0 Å². The molecule has 0 radical (unpaired) electrons. The Morgan fingerprint density at radius 2 is 1.93 bits per heavy atom. The molecule has 86 valence electrons. The Balaban J connectivity index is 3.57. The average molecular weight is 212 g/mol. The van der Waals surface area contributed by atoms with Crippen LogP contribution in [-0.4, -0.2) is 41.6 Å². The first-order valence-corrected chi connectivity index (χ1v) is 4.62. The van der Waals surface area contributed by atoms with E-state index in [4.69, 9.17) is 5.11 Å². The van der Waals surface area contributed by atoms with Gasteiger partial charge in [0.15, 0.2) is 0 Å². The molecule has 0 aromatic heterocycles. The standard InChI is InChI=1S/C9H18F2O3/c1-3-8(2,13)4-5-14-7-9(10,11)6-12/h12-13H,3-7H2,1-2H3. The number of aliphatic hydroxyl groups is 2. The van der Waals surface area contributed by atoms with Gasteiger partial charge in [-0.15, -0.1) is 0 Å². The Kier molecular flexibility index (Phi) is 5.48. The second kappa shape index (κ2) is 5.58. The highest BCUT2D eigenvalue weighted by molar-refractivity contribution is 4.70. The van der Waals surface area contributed by atoms with Crippen molar-refractivity contribution in [3.05, 3.63) is 0 Å². The van der Waals surface area contributed by atoms with Crippen molar-refractivity contribution in [1.82, 2.24) is 0 Å². The summed E-state index contributed by atoms with van der Waals surface area (Å²) in [4.78, 5) is 0. The van der Waals surface area contributed by atoms with Crippen LogP contribution in [-0.2, 0) is 4.74 Å². The van der Waals surface area contributed by atoms with Crippen LogP contribution in [0, 0.1) is 0 Å². The van der Waals surface area contributed by atoms with Crippen molar-refractivity contribution in [1.29, 1.82) is 0 Å². The van der Waals surface area contributed by atoms with Gasteiger partial charge in [0.2, 0.25) is 0 Å². The van der Waals surface area contributed by atoms with Gasteiger partial charge in [0, 0.05) is 6.61 Å². The molecule has 14 heavy (non-hydrogen) atoms. The lowest BCUT2D eigenvalue weighted by Gasteiger charge is -2.21. The number of hydrogen-bond acceptors (Lipinski definition) is 3. The van der Waals surface area contributed by atoms with Gasteiger partial charge in [-0.25, -0.2) is 8.78 Å². The lowest BCUT2D eigenvalue weighted by Crippen LogP contribution is -2.30. The number of aliphatic hydroxyl groups excluding tert-OH is 1. The third-order valence-electron chi connectivity index (χ3n) is 2.09. The molecule has 5 heteroatoms. The Morgan fingerprint density at radius 1 is 1.36 bits per heavy atom. The van der Waals surface area contributed by atoms with E-state index in [2.05, 4.69) is 4.74 Å². The van der Waals surface area contributed by atoms with Crippen LogP contribution >= 0.6 is 0 Å². The summed E-state index contributed by atoms with van der Waals surface area (Å²) < 4.78 is 29.5. The molecule has 1 unspecified atom stereocenters. The molecular weight excluding hydrogens is 194 g/mol. The minimum absolute atomic E-state index is 0.0659. The molecule has 0 saturated heterocycles. The number of alkyl halides is 2. The van der Waals surface area contributed by atoms with E-state index in [-0.39, 0.29) is 6.61 Å². The zero-order chi connectivity index (χ0) is 11.2. The SMILES string of the molecule is CCC(C)(O)CCOCC(F)(F)CO. The first kappa shape index (κ1) is 13.7. The summed E-state index contributed by atoms with van der Waals surface area (Å²) in [6, 6.07) is 0. The number of rotatable bonds is 7. The van der Waals surface area contributed by atoms with Crippen molar-refractivity contribution in [3.63, 3.8) is 0 Å². The van der Waals surface area contributed by atoms with Gasteiger partial charge in [-0.2, -0.15) is 0 Å². The summed E-state index contributed by atoms with van der Waals surface area (Å²) >= 11 is 0. The quantitative estimate of drug-likeness (QED) is 0.623. The van der Waals surface area contributed by atoms with Gasteiger partial charge in [-0.05, 0) is 19.8 Å². The van der Waals surface area contributed by atoms with Gasteiger partial charge in [0.1, 0.15) is 13.2 Å². The Bertz CT molecular complexity index is 142. The molecule has 2 N–H and O–H groups in total. The molecule has 0 spiro atoms. The molecule has 0 aliphatic carbocycles. The van der Waals surface area contributed by atoms with Crippen LogP contribution < -0.4 is 0 Å². The van der Waals surface area contributed by atoms with Crippen LogP contribution in [0.2, 0.25) is 0 Å². The van der Waals surface area contributed by atoms with Gasteiger partial charge >= 0.3 is 0 Å². The van der Waals surface area contributed by atoms with Crippen LogP contribution in [0.5, 0.6) is 0 Å². The predicted octanol–water partition coefficient (Wildman–Crippen LogP) is 1.18. The van der Waals surface area contributed by atoms with Crippen molar-refractivity contribution in [2.24, 2.45) is 0 Å². The Morgan fingerprint density at radius 3 is 2.36 bits per heavy atom. The molecule has 1 atom stereocenters. The van der Waals surface area contributed by atoms with Crippen molar-refractivity contribution >= 4 is 0 Å². The van der Waals surface area contributed by atoms with Gasteiger partial charge in [0.05, 0.1) is 5.60 Å². The molecule has 0 amide bonds. The van der Waals surface area contributed by atoms with Crippen LogP contribution in [0.3, 0.4) is 0 Å². The number of halogens is 2. The molecule has 0 aliphatic rings. The van der Waals surface area contributed by atoms with Gasteiger partial charge in [-0.3, -0.25) is 0 Å². The third-order valence-corrected chi connectivity index (χ3v) is 2.09. The van der Waals surface area contributed by atoms with E-state index in [1.807, 2.05) is 6.92 Å². The van der Waals surface area contributed by atoms with Crippen LogP contribution in [0.25, 0.3) is 0 Å². The van der Waals surface area contributed by atoms with Crippen molar-refractivity contribution in [2.75, 3.05) is 19.8 Å². The summed E-state index contributed by atoms with van der Waals surface area (Å²) in [5.41, 5.74) is -0.867. The fourth-order valence-electron chi connectivity index (χ4n) is 0.736. The summed E-state index contributed by atoms with van der Waals surface area (Å²) in [6.45, 7) is 1.49. The highest BCUT2D eigenvalue weighted by atomic mass is 19.3. The van der Waals surface area contributed by atoms with E-state index in [0.29, 0.717) is 12.8 Å². The molecule has 3 nitrogen and oxygen atoms in total. The largest absolute Gasteiger partial charge is 0.390 e. The second-order valence-corrected chi connectivity index (χ2v) is 3.67. The van der Waals surface area contributed by atoms with E-state index < -0.39 is 24.7 Å². The first-order chi connectivity index (χ1) is 6.33. The highest BCUT2D eigenvalue weighted by Gasteiger charge is 2.28. The molecule has 0 aromatic rings. The lowest BCUT2D eigenvalue weighted by molar-refractivity contribution is -0.113. The van der Waals surface area contributed by atoms with Crippen molar-refractivity contribution in [2.45, 2.75) is 38.2 Å². The lowest BCUT2D eigenvalue weighted by atomic mass is 10.0. The molecular formula is C9H18F2O3. The zero-order valence-electron chi connectivity index (χ0n) is 8.59. The van der Waals surface area contributed by atoms with Gasteiger partial charge in [-0.1, -0.05) is 6.92 Å². The minimum Gasteiger partial charge on any atom is -0.390 e. The maximum absolute atomic E-state index is 12.4. The van der Waals surface area contributed by atoms with Crippen molar-refractivity contribution in [3.8, 4) is 0 Å². The van der Waals surface area contributed by atoms with Crippen LogP contribution in [0.15, 0.2) is 0 Å². The van der Waals surface area contributed by atoms with Crippen LogP contribution in [0.4, 0.5) is 8.78 Å². The molecule has 0 fully saturated rings. The van der Waals surface area contributed by atoms with E-state index in [9.17, 15) is 13.9 Å². The van der Waals surface area contributed by atoms with E-state index in [1.54, 1.807) is 6.92 Å². The number of hydrogen-bond donors (Lipinski definition) is 2. The highest BCUT2D eigenvalue weighted by Crippen LogP contribution is 2.15. The molecule has 0 saturated carbocycles. The maximum Gasteiger partial charge on any atom is 0.293 e. The Hall–Kier alpha value is -0.260. The monoisotopic (exact) mass is 212 g/mol. The minimum atomic E-state index is -3.18. The molecule has 0 aliphatic heterocycles. The zero-order valence-corrected chi connectivity index (χ0v) is 8.59. The first-order valence-electron chi connectivity index (χ1n) is 4.62. The normalized spacial score (nSPS) is 16.7. The molecule has 0 aromatic carbocycles. The summed E-state index contributed by atoms with van der Waals surface area (Å²) in [6.07, 6.45) is 0.859. The summed E-state index contributed by atoms with van der Waals surface area (Å²) in [7, 11) is 0. The molecule has 0 heterocycles. The van der Waals surface area contributed by atoms with Crippen LogP contribution in [0.1, 0.15) is 26.7 Å². The van der Waals surface area contributed by atoms with E-state index in [1.165, 1.54) is 0 Å². The second-order valence-electron chi connectivity index (χ2n) is 3.67. The summed E-state index contributed by atoms with van der Waals surface area (Å²) in [5, 5.41) is 17.7. The third kappa shape index (κ3) is 6.23. The Labute approximate surface area is 82.7 Å². The van der Waals surface area contributed by atoms with Crippen molar-refractivity contribution < 1.29 is 23.7 Å². The number of ether oxygens (including phenoxy) is 1. The average Bonchev–Trinajstić information content (AvgIpc) is 2.13. The molecule has 0 bridgehead atoms. The van der Waals surface area contributed by atoms with Gasteiger partial charge in [0.25, 0.3) is 5.92 Å². The van der Waals surface area contributed by atoms with Gasteiger partial charge < -0.3 is 14.9 Å². The topological polar surface area (TPSA) is 49.7 Å². The molecule has 0 rings (SSSR count).